The van der Waals surface area contributed by atoms with Gasteiger partial charge in [0, 0.05) is 59.1 Å². The molecule has 4 heterocycles. The van der Waals surface area contributed by atoms with Crippen LogP contribution in [0.4, 0.5) is 0 Å². The van der Waals surface area contributed by atoms with Gasteiger partial charge in [-0.05, 0) is 80.8 Å². The van der Waals surface area contributed by atoms with E-state index in [1.54, 1.807) is 0 Å². The van der Waals surface area contributed by atoms with Gasteiger partial charge in [0.15, 0.2) is 0 Å². The molecule has 0 saturated heterocycles. The summed E-state index contributed by atoms with van der Waals surface area (Å²) in [4.78, 5) is 12.7. The predicted octanol–water partition coefficient (Wildman–Crippen LogP) is 13.7. The molecule has 0 amide bonds. The molecule has 0 N–H and O–H groups in total. The van der Waals surface area contributed by atoms with Crippen LogP contribution in [0.15, 0.2) is 174 Å². The Kier molecular flexibility index (Phi) is 6.82. The van der Waals surface area contributed by atoms with Gasteiger partial charge in [-0.1, -0.05) is 139 Å². The topological polar surface area (TPSA) is 25.8 Å². The minimum atomic E-state index is 0.468. The molecule has 1 atom stereocenters. The van der Waals surface area contributed by atoms with Crippen LogP contribution >= 0.6 is 23.1 Å². The fraction of sp³-hybridized carbons (Fsp3) is 0.0417. The number of allylic oxidation sites excluding steroid dienone is 4. The number of rotatable bonds is 4. The standard InChI is InChI=1S/C48H30N2S2/c1-3-13-43-37(7-1)41-11-5-9-35(47(41)51-43)31-19-15-29(16-20-31)33-25-27-49-45-39(33)23-24-40-34(26-28-50-46(40)45)30-17-21-32(22-18-30)36-10-6-12-42-38-8-2-4-14-44(38)52-48(36)42/h1-11,13-28,42H,12H2. The number of thioether (sulfide) groups is 1. The van der Waals surface area contributed by atoms with Crippen LogP contribution in [0, 0.1) is 0 Å². The molecular weight excluding hydrogens is 669 g/mol. The second kappa shape index (κ2) is 11.9. The molecule has 0 bridgehead atoms. The SMILES string of the molecule is C1=CC(c2ccc(-c3ccnc4c3ccc3c(-c5ccc(-c6cccc7c6sc6ccccc67)cc5)ccnc34)cc2)=C2Sc3ccccc3C2C1. The molecule has 0 saturated carbocycles. The number of hydrogen-bond acceptors (Lipinski definition) is 4. The average molecular weight is 699 g/mol. The molecule has 1 aliphatic heterocycles. The molecule has 2 aliphatic rings. The van der Waals surface area contributed by atoms with Crippen LogP contribution in [0.25, 0.3) is 80.9 Å². The van der Waals surface area contributed by atoms with Crippen LogP contribution in [-0.4, -0.2) is 9.97 Å². The van der Waals surface area contributed by atoms with Crippen LogP contribution in [-0.2, 0) is 0 Å². The molecule has 0 fully saturated rings. The minimum absolute atomic E-state index is 0.468. The normalized spacial score (nSPS) is 15.2. The van der Waals surface area contributed by atoms with Gasteiger partial charge in [-0.15, -0.1) is 11.3 Å². The summed E-state index contributed by atoms with van der Waals surface area (Å²) in [6.45, 7) is 0. The summed E-state index contributed by atoms with van der Waals surface area (Å²) in [5.41, 5.74) is 13.1. The first-order valence-corrected chi connectivity index (χ1v) is 19.4. The third kappa shape index (κ3) is 4.65. The summed E-state index contributed by atoms with van der Waals surface area (Å²) in [7, 11) is 0. The van der Waals surface area contributed by atoms with Gasteiger partial charge in [0.05, 0.1) is 11.0 Å². The summed E-state index contributed by atoms with van der Waals surface area (Å²) in [6.07, 6.45) is 9.57. The second-order valence-electron chi connectivity index (χ2n) is 13.6. The Hall–Kier alpha value is -5.81. The first-order chi connectivity index (χ1) is 25.8. The molecule has 6 aromatic carbocycles. The zero-order chi connectivity index (χ0) is 34.2. The molecule has 4 heteroatoms. The quantitative estimate of drug-likeness (QED) is 0.171. The first-order valence-electron chi connectivity index (χ1n) is 17.7. The molecule has 0 spiro atoms. The van der Waals surface area contributed by atoms with Gasteiger partial charge in [-0.2, -0.15) is 0 Å². The van der Waals surface area contributed by atoms with Crippen molar-refractivity contribution < 1.29 is 0 Å². The average Bonchev–Trinajstić information content (AvgIpc) is 3.79. The zero-order valence-corrected chi connectivity index (χ0v) is 29.7. The predicted molar refractivity (Wildman–Crippen MR) is 222 cm³/mol. The van der Waals surface area contributed by atoms with E-state index in [0.29, 0.717) is 5.92 Å². The van der Waals surface area contributed by atoms with Crippen molar-refractivity contribution in [1.82, 2.24) is 9.97 Å². The smallest absolute Gasteiger partial charge is 0.0970 e. The third-order valence-corrected chi connectivity index (χ3v) is 13.3. The summed E-state index contributed by atoms with van der Waals surface area (Å²) in [5.74, 6) is 0.468. The molecule has 244 valence electrons. The summed E-state index contributed by atoms with van der Waals surface area (Å²) >= 11 is 3.81. The van der Waals surface area contributed by atoms with Crippen LogP contribution in [0.5, 0.6) is 0 Å². The van der Waals surface area contributed by atoms with Crippen molar-refractivity contribution in [2.45, 2.75) is 17.2 Å². The van der Waals surface area contributed by atoms with E-state index < -0.39 is 0 Å². The minimum Gasteiger partial charge on any atom is -0.254 e. The Morgan fingerprint density at radius 1 is 0.500 bits per heavy atom. The Morgan fingerprint density at radius 3 is 1.85 bits per heavy atom. The second-order valence-corrected chi connectivity index (χ2v) is 15.8. The van der Waals surface area contributed by atoms with Crippen LogP contribution in [0.2, 0.25) is 0 Å². The number of nitrogens with zero attached hydrogens (tertiary/aromatic N) is 2. The highest BCUT2D eigenvalue weighted by molar-refractivity contribution is 8.03. The van der Waals surface area contributed by atoms with Crippen molar-refractivity contribution in [1.29, 1.82) is 0 Å². The van der Waals surface area contributed by atoms with Gasteiger partial charge < -0.3 is 0 Å². The Bertz CT molecular complexity index is 2950. The zero-order valence-electron chi connectivity index (χ0n) is 28.1. The van der Waals surface area contributed by atoms with Crippen molar-refractivity contribution in [2.75, 3.05) is 0 Å². The molecule has 9 aromatic rings. The van der Waals surface area contributed by atoms with Crippen molar-refractivity contribution in [3.8, 4) is 33.4 Å². The number of thiophene rings is 1. The van der Waals surface area contributed by atoms with E-state index in [9.17, 15) is 0 Å². The number of aromatic nitrogens is 2. The lowest BCUT2D eigenvalue weighted by Crippen LogP contribution is -2.00. The van der Waals surface area contributed by atoms with Crippen molar-refractivity contribution in [3.63, 3.8) is 0 Å². The highest BCUT2D eigenvalue weighted by Gasteiger charge is 2.31. The van der Waals surface area contributed by atoms with E-state index in [2.05, 4.69) is 152 Å². The third-order valence-electron chi connectivity index (χ3n) is 10.8. The summed E-state index contributed by atoms with van der Waals surface area (Å²) < 4.78 is 2.67. The summed E-state index contributed by atoms with van der Waals surface area (Å²) in [6, 6.07) is 51.0. The van der Waals surface area contributed by atoms with Crippen molar-refractivity contribution in [2.24, 2.45) is 0 Å². The van der Waals surface area contributed by atoms with Gasteiger partial charge in [0.2, 0.25) is 0 Å². The molecular formula is C48H30N2S2. The molecule has 2 nitrogen and oxygen atoms in total. The highest BCUT2D eigenvalue weighted by Crippen LogP contribution is 2.55. The van der Waals surface area contributed by atoms with Crippen LogP contribution in [0.1, 0.15) is 23.5 Å². The summed E-state index contributed by atoms with van der Waals surface area (Å²) in [5, 5.41) is 4.87. The van der Waals surface area contributed by atoms with E-state index >= 15 is 0 Å². The number of pyridine rings is 2. The Labute approximate surface area is 309 Å². The number of hydrogen-bond donors (Lipinski definition) is 0. The van der Waals surface area contributed by atoms with Gasteiger partial charge in [0.1, 0.15) is 0 Å². The lowest BCUT2D eigenvalue weighted by Gasteiger charge is -2.19. The van der Waals surface area contributed by atoms with E-state index in [4.69, 9.17) is 9.97 Å². The van der Waals surface area contributed by atoms with E-state index in [1.807, 2.05) is 35.5 Å². The maximum atomic E-state index is 4.90. The van der Waals surface area contributed by atoms with Crippen molar-refractivity contribution >= 4 is 70.6 Å². The maximum Gasteiger partial charge on any atom is 0.0970 e. The van der Waals surface area contributed by atoms with E-state index in [0.717, 1.165) is 33.8 Å². The molecule has 52 heavy (non-hydrogen) atoms. The lowest BCUT2D eigenvalue weighted by molar-refractivity contribution is 0.841. The van der Waals surface area contributed by atoms with E-state index in [-0.39, 0.29) is 0 Å². The lowest BCUT2D eigenvalue weighted by atomic mass is 9.87. The van der Waals surface area contributed by atoms with Gasteiger partial charge in [-0.3, -0.25) is 9.97 Å². The van der Waals surface area contributed by atoms with Gasteiger partial charge in [0.25, 0.3) is 0 Å². The monoisotopic (exact) mass is 698 g/mol. The maximum absolute atomic E-state index is 4.90. The molecule has 1 unspecified atom stereocenters. The Balaban J connectivity index is 0.942. The van der Waals surface area contributed by atoms with Crippen LogP contribution in [0.3, 0.4) is 0 Å². The molecule has 1 aliphatic carbocycles. The van der Waals surface area contributed by atoms with Crippen molar-refractivity contribution in [3.05, 3.63) is 180 Å². The first kappa shape index (κ1) is 29.9. The van der Waals surface area contributed by atoms with Gasteiger partial charge >= 0.3 is 0 Å². The highest BCUT2D eigenvalue weighted by atomic mass is 32.2. The largest absolute Gasteiger partial charge is 0.254 e. The molecule has 0 radical (unpaired) electrons. The number of fused-ring (bicyclic) bond motifs is 9. The Morgan fingerprint density at radius 2 is 1.12 bits per heavy atom. The van der Waals surface area contributed by atoms with Crippen LogP contribution < -0.4 is 0 Å². The van der Waals surface area contributed by atoms with Gasteiger partial charge in [-0.25, -0.2) is 0 Å². The number of benzene rings is 6. The molecule has 11 rings (SSSR count). The van der Waals surface area contributed by atoms with E-state index in [1.165, 1.54) is 74.5 Å². The fourth-order valence-corrected chi connectivity index (χ4v) is 10.9. The fourth-order valence-electron chi connectivity index (χ4n) is 8.28. The molecule has 3 aromatic heterocycles.